The van der Waals surface area contributed by atoms with Gasteiger partial charge in [0.25, 0.3) is 5.89 Å². The van der Waals surface area contributed by atoms with Crippen LogP contribution in [0.15, 0.2) is 70.3 Å². The second kappa shape index (κ2) is 12.7. The highest BCUT2D eigenvalue weighted by atomic mass is 19.3. The molecule has 2 aromatic carbocycles. The third-order valence-corrected chi connectivity index (χ3v) is 6.49. The van der Waals surface area contributed by atoms with E-state index >= 15 is 0 Å². The molecule has 1 saturated heterocycles. The summed E-state index contributed by atoms with van der Waals surface area (Å²) in [5, 5.41) is 11.5. The van der Waals surface area contributed by atoms with Crippen LogP contribution in [0.2, 0.25) is 0 Å². The van der Waals surface area contributed by atoms with E-state index in [0.717, 1.165) is 16.7 Å². The molecule has 0 unspecified atom stereocenters. The molecule has 2 aromatic heterocycles. The second-order valence-corrected chi connectivity index (χ2v) is 12.6. The fourth-order valence-corrected chi connectivity index (χ4v) is 4.47. The maximum Gasteiger partial charge on any atom is 0.417 e. The highest BCUT2D eigenvalue weighted by molar-refractivity contribution is 6.04. The lowest BCUT2D eigenvalue weighted by Gasteiger charge is -2.27. The minimum Gasteiger partial charge on any atom is -0.443 e. The monoisotopic (exact) mass is 635 g/mol. The van der Waals surface area contributed by atoms with Gasteiger partial charge in [-0.3, -0.25) is 4.68 Å². The van der Waals surface area contributed by atoms with Gasteiger partial charge in [0.15, 0.2) is 0 Å². The van der Waals surface area contributed by atoms with Gasteiger partial charge in [0.1, 0.15) is 11.2 Å². The van der Waals surface area contributed by atoms with Crippen molar-refractivity contribution in [3.8, 4) is 22.6 Å². The summed E-state index contributed by atoms with van der Waals surface area (Å²) >= 11 is 0. The molecule has 0 bridgehead atoms. The number of halogens is 2. The summed E-state index contributed by atoms with van der Waals surface area (Å²) in [5.74, 6) is -0.559. The Morgan fingerprint density at radius 3 is 1.93 bits per heavy atom. The van der Waals surface area contributed by atoms with E-state index in [4.69, 9.17) is 13.9 Å². The number of guanidine groups is 1. The molecule has 0 N–H and O–H groups in total. The Labute approximate surface area is 264 Å². The molecule has 0 saturated carbocycles. The van der Waals surface area contributed by atoms with Gasteiger partial charge >= 0.3 is 18.6 Å². The van der Waals surface area contributed by atoms with Crippen LogP contribution in [0.4, 0.5) is 24.1 Å². The van der Waals surface area contributed by atoms with Crippen LogP contribution in [0.5, 0.6) is 0 Å². The number of aliphatic imine (C=N–C) groups is 1. The van der Waals surface area contributed by atoms with Crippen LogP contribution in [-0.2, 0) is 16.0 Å². The number of carbonyl (C=O) groups excluding carboxylic acids is 2. The number of carbonyl (C=O) groups is 2. The molecular weight excluding hydrogens is 600 g/mol. The smallest absolute Gasteiger partial charge is 0.417 e. The van der Waals surface area contributed by atoms with Gasteiger partial charge in [-0.05, 0) is 76.9 Å². The highest BCUT2D eigenvalue weighted by Crippen LogP contribution is 2.27. The first-order valence-corrected chi connectivity index (χ1v) is 14.6. The third kappa shape index (κ3) is 7.92. The molecule has 1 fully saturated rings. The van der Waals surface area contributed by atoms with Gasteiger partial charge < -0.3 is 13.9 Å². The predicted molar refractivity (Wildman–Crippen MR) is 164 cm³/mol. The summed E-state index contributed by atoms with van der Waals surface area (Å²) < 4.78 is 43.4. The van der Waals surface area contributed by atoms with Crippen molar-refractivity contribution in [3.05, 3.63) is 72.4 Å². The normalized spacial score (nSPS) is 13.8. The number of amides is 2. The van der Waals surface area contributed by atoms with E-state index in [1.807, 2.05) is 30.5 Å². The molecule has 0 spiro atoms. The number of hydrogen-bond acceptors (Lipinski definition) is 9. The molecule has 14 heteroatoms. The average Bonchev–Trinajstić information content (AvgIpc) is 3.73. The van der Waals surface area contributed by atoms with E-state index < -0.39 is 35.7 Å². The number of benzene rings is 2. The molecule has 46 heavy (non-hydrogen) atoms. The largest absolute Gasteiger partial charge is 0.443 e. The van der Waals surface area contributed by atoms with Gasteiger partial charge in [-0.15, -0.1) is 10.2 Å². The van der Waals surface area contributed by atoms with Gasteiger partial charge in [-0.25, -0.2) is 24.4 Å². The molecule has 12 nitrogen and oxygen atoms in total. The quantitative estimate of drug-likeness (QED) is 0.220. The summed E-state index contributed by atoms with van der Waals surface area (Å²) in [4.78, 5) is 33.3. The Morgan fingerprint density at radius 2 is 1.41 bits per heavy atom. The fraction of sp³-hybridized carbons (Fsp3) is 0.375. The summed E-state index contributed by atoms with van der Waals surface area (Å²) in [6.07, 6.45) is -0.397. The van der Waals surface area contributed by atoms with Crippen molar-refractivity contribution in [3.63, 3.8) is 0 Å². The molecule has 1 aliphatic heterocycles. The molecule has 0 radical (unpaired) electrons. The van der Waals surface area contributed by atoms with Crippen LogP contribution in [-0.4, -0.2) is 72.2 Å². The van der Waals surface area contributed by atoms with Crippen LogP contribution in [0.3, 0.4) is 0 Å². The molecule has 0 aliphatic carbocycles. The molecule has 4 aromatic rings. The van der Waals surface area contributed by atoms with Crippen molar-refractivity contribution < 1.29 is 32.3 Å². The molecule has 1 aliphatic rings. The number of alkyl halides is 2. The lowest BCUT2D eigenvalue weighted by molar-refractivity contribution is 0.0375. The number of nitrogens with zero attached hydrogens (tertiary/aromatic N) is 7. The zero-order valence-electron chi connectivity index (χ0n) is 26.4. The van der Waals surface area contributed by atoms with E-state index in [2.05, 4.69) is 20.3 Å². The molecule has 5 rings (SSSR count). The van der Waals surface area contributed by atoms with Gasteiger partial charge in [-0.1, -0.05) is 24.3 Å². The van der Waals surface area contributed by atoms with Crippen molar-refractivity contribution in [1.82, 2.24) is 29.8 Å². The van der Waals surface area contributed by atoms with E-state index in [1.54, 1.807) is 76.7 Å². The van der Waals surface area contributed by atoms with E-state index in [9.17, 15) is 18.4 Å². The van der Waals surface area contributed by atoms with E-state index in [-0.39, 0.29) is 24.9 Å². The predicted octanol–water partition coefficient (Wildman–Crippen LogP) is 7.06. The SMILES string of the molecule is CC(C)(C)OC(=O)N1CCN(C(=O)OC(C)(C)C)C1=Nc1ccc(-c2cnn(Cc3ccc(-c4nnc(C(F)F)o4)cc3)c2)cc1. The Balaban J connectivity index is 1.30. The van der Waals surface area contributed by atoms with E-state index in [1.165, 1.54) is 9.80 Å². The summed E-state index contributed by atoms with van der Waals surface area (Å²) in [5.41, 5.74) is 2.29. The minimum absolute atomic E-state index is 0.0276. The fourth-order valence-electron chi connectivity index (χ4n) is 4.47. The van der Waals surface area contributed by atoms with Gasteiger partial charge in [-0.2, -0.15) is 13.9 Å². The van der Waals surface area contributed by atoms with Crippen LogP contribution in [0.1, 0.15) is 59.4 Å². The third-order valence-electron chi connectivity index (χ3n) is 6.49. The van der Waals surface area contributed by atoms with Crippen LogP contribution >= 0.6 is 0 Å². The summed E-state index contributed by atoms with van der Waals surface area (Å²) in [6, 6.07) is 14.4. The minimum atomic E-state index is -2.82. The average molecular weight is 636 g/mol. The first kappa shape index (κ1) is 32.3. The number of ether oxygens (including phenoxy) is 2. The Morgan fingerprint density at radius 1 is 0.848 bits per heavy atom. The molecule has 242 valence electrons. The lowest BCUT2D eigenvalue weighted by atomic mass is 10.1. The Hall–Kier alpha value is -5.14. The zero-order valence-corrected chi connectivity index (χ0v) is 26.4. The molecule has 2 amide bonds. The van der Waals surface area contributed by atoms with Crippen LogP contribution in [0.25, 0.3) is 22.6 Å². The molecule has 0 atom stereocenters. The number of hydrogen-bond donors (Lipinski definition) is 0. The van der Waals surface area contributed by atoms with Crippen molar-refractivity contribution in [2.75, 3.05) is 13.1 Å². The van der Waals surface area contributed by atoms with Crippen molar-refractivity contribution in [1.29, 1.82) is 0 Å². The molecule has 3 heterocycles. The number of rotatable bonds is 6. The topological polar surface area (TPSA) is 128 Å². The Kier molecular flexibility index (Phi) is 8.90. The summed E-state index contributed by atoms with van der Waals surface area (Å²) in [6.45, 7) is 11.5. The van der Waals surface area contributed by atoms with Gasteiger partial charge in [0.2, 0.25) is 11.9 Å². The molecular formula is C32H35F2N7O5. The van der Waals surface area contributed by atoms with Crippen molar-refractivity contribution >= 4 is 23.8 Å². The van der Waals surface area contributed by atoms with Gasteiger partial charge in [0.05, 0.1) is 31.5 Å². The van der Waals surface area contributed by atoms with E-state index in [0.29, 0.717) is 17.8 Å². The maximum atomic E-state index is 13.0. The standard InChI is InChI=1S/C32H35F2N7O5/c1-31(2,3)45-29(42)40-15-16-41(30(43)46-32(4,5)6)28(40)36-24-13-11-21(12-14-24)23-17-35-39(19-23)18-20-7-9-22(10-8-20)26-37-38-27(44-26)25(33)34/h7-14,17,19,25H,15-16,18H2,1-6H3. The summed E-state index contributed by atoms with van der Waals surface area (Å²) in [7, 11) is 0. The Bertz CT molecular complexity index is 1680. The number of aromatic nitrogens is 4. The van der Waals surface area contributed by atoms with Crippen molar-refractivity contribution in [2.45, 2.75) is 65.7 Å². The maximum absolute atomic E-state index is 13.0. The van der Waals surface area contributed by atoms with Crippen LogP contribution in [0, 0.1) is 0 Å². The second-order valence-electron chi connectivity index (χ2n) is 12.6. The lowest BCUT2D eigenvalue weighted by Crippen LogP contribution is -2.44. The first-order valence-electron chi connectivity index (χ1n) is 14.6. The van der Waals surface area contributed by atoms with Crippen LogP contribution < -0.4 is 0 Å². The first-order chi connectivity index (χ1) is 21.6. The van der Waals surface area contributed by atoms with Gasteiger partial charge in [0, 0.05) is 17.3 Å². The zero-order chi connectivity index (χ0) is 33.2. The van der Waals surface area contributed by atoms with Crippen molar-refractivity contribution in [2.24, 2.45) is 4.99 Å². The highest BCUT2D eigenvalue weighted by Gasteiger charge is 2.39.